The van der Waals surface area contributed by atoms with Gasteiger partial charge in [-0.1, -0.05) is 0 Å². The van der Waals surface area contributed by atoms with Gasteiger partial charge in [0.15, 0.2) is 0 Å². The van der Waals surface area contributed by atoms with Crippen molar-refractivity contribution in [3.8, 4) is 0 Å². The molecule has 0 heterocycles. The predicted octanol–water partition coefficient (Wildman–Crippen LogP) is 2.67. The van der Waals surface area contributed by atoms with Crippen molar-refractivity contribution < 1.29 is 44.0 Å². The van der Waals surface area contributed by atoms with Gasteiger partial charge in [0.25, 0.3) is 6.43 Å². The molecule has 1 atom stereocenters. The normalized spacial score (nSPS) is 17.7. The Bertz CT molecular complexity index is 298. The molecule has 0 aromatic rings. The first kappa shape index (κ1) is 18.6. The van der Waals surface area contributed by atoms with Crippen molar-refractivity contribution in [2.24, 2.45) is 0 Å². The van der Waals surface area contributed by atoms with E-state index in [-0.39, 0.29) is 6.92 Å². The summed E-state index contributed by atoms with van der Waals surface area (Å²) in [5.41, 5.74) is -10.2. The molecule has 0 aromatic carbocycles. The van der Waals surface area contributed by atoms with Gasteiger partial charge in [-0.25, -0.2) is 13.2 Å². The van der Waals surface area contributed by atoms with E-state index in [1.807, 2.05) is 0 Å². The average molecular weight is 318 g/mol. The van der Waals surface area contributed by atoms with Crippen LogP contribution in [0.4, 0.5) is 30.7 Å². The minimum atomic E-state index is -5.76. The van der Waals surface area contributed by atoms with E-state index in [9.17, 15) is 30.7 Å². The Morgan fingerprint density at radius 1 is 0.842 bits per heavy atom. The van der Waals surface area contributed by atoms with Crippen molar-refractivity contribution in [3.63, 3.8) is 0 Å². The zero-order chi connectivity index (χ0) is 15.7. The van der Waals surface area contributed by atoms with E-state index in [0.717, 1.165) is 0 Å². The van der Waals surface area contributed by atoms with Gasteiger partial charge in [-0.05, 0) is 6.92 Å². The summed E-state index contributed by atoms with van der Waals surface area (Å²) < 4.78 is 105. The van der Waals surface area contributed by atoms with Crippen molar-refractivity contribution in [2.45, 2.75) is 30.5 Å². The van der Waals surface area contributed by atoms with E-state index >= 15 is 0 Å². The van der Waals surface area contributed by atoms with Crippen LogP contribution in [0, 0.1) is 0 Å². The van der Waals surface area contributed by atoms with E-state index in [2.05, 4.69) is 13.3 Å². The molecule has 0 radical (unpaired) electrons. The quantitative estimate of drug-likeness (QED) is 0.533. The Balaban J connectivity index is 5.87. The van der Waals surface area contributed by atoms with Crippen LogP contribution in [0.25, 0.3) is 0 Å². The molecule has 0 fully saturated rings. The van der Waals surface area contributed by atoms with E-state index in [4.69, 9.17) is 0 Å². The Labute approximate surface area is 106 Å². The molecule has 3 nitrogen and oxygen atoms in total. The summed E-state index contributed by atoms with van der Waals surface area (Å²) in [4.78, 5) is 0. The third-order valence-corrected chi connectivity index (χ3v) is 5.30. The first-order chi connectivity index (χ1) is 8.38. The Morgan fingerprint density at radius 2 is 1.16 bits per heavy atom. The molecule has 0 aliphatic heterocycles. The third-order valence-electron chi connectivity index (χ3n) is 2.61. The molecule has 0 saturated heterocycles. The second-order valence-electron chi connectivity index (χ2n) is 3.69. The highest BCUT2D eigenvalue weighted by molar-refractivity contribution is 6.63. The highest BCUT2D eigenvalue weighted by Gasteiger charge is 2.83. The number of hydrogen-bond acceptors (Lipinski definition) is 3. The zero-order valence-electron chi connectivity index (χ0n) is 10.4. The van der Waals surface area contributed by atoms with Crippen molar-refractivity contribution in [1.29, 1.82) is 0 Å². The summed E-state index contributed by atoms with van der Waals surface area (Å²) in [6.07, 6.45) is -4.34. The first-order valence-corrected chi connectivity index (χ1v) is 6.48. The molecule has 0 saturated carbocycles. The van der Waals surface area contributed by atoms with Crippen LogP contribution in [-0.4, -0.2) is 53.7 Å². The molecule has 0 aliphatic carbocycles. The van der Waals surface area contributed by atoms with Crippen LogP contribution in [0.3, 0.4) is 0 Å². The Morgan fingerprint density at radius 3 is 1.37 bits per heavy atom. The predicted molar refractivity (Wildman–Crippen MR) is 52.2 cm³/mol. The van der Waals surface area contributed by atoms with Gasteiger partial charge in [0.05, 0.1) is 0 Å². The number of rotatable bonds is 7. The van der Waals surface area contributed by atoms with Crippen LogP contribution in [-0.2, 0) is 13.3 Å². The van der Waals surface area contributed by atoms with Gasteiger partial charge >= 0.3 is 20.3 Å². The van der Waals surface area contributed by atoms with Crippen LogP contribution in [0.1, 0.15) is 6.92 Å². The highest BCUT2D eigenvalue weighted by Crippen LogP contribution is 2.51. The van der Waals surface area contributed by atoms with E-state index < -0.39 is 32.4 Å². The van der Waals surface area contributed by atoms with Gasteiger partial charge in [0.1, 0.15) is 0 Å². The van der Waals surface area contributed by atoms with Crippen LogP contribution in [0.5, 0.6) is 0 Å². The second-order valence-corrected chi connectivity index (χ2v) is 6.66. The summed E-state index contributed by atoms with van der Waals surface area (Å²) in [6, 6.07) is 0. The maximum absolute atomic E-state index is 13.7. The Hall–Kier alpha value is -0.393. The molecule has 0 bridgehead atoms. The molecule has 0 aliphatic rings. The van der Waals surface area contributed by atoms with Crippen LogP contribution >= 0.6 is 0 Å². The Kier molecular flexibility index (Phi) is 5.42. The number of hydrogen-bond donors (Lipinski definition) is 0. The first-order valence-electron chi connectivity index (χ1n) is 4.76. The van der Waals surface area contributed by atoms with Gasteiger partial charge < -0.3 is 13.3 Å². The summed E-state index contributed by atoms with van der Waals surface area (Å²) in [5.74, 6) is -5.76. The van der Waals surface area contributed by atoms with E-state index in [1.165, 1.54) is 0 Å². The SMILES string of the molecule is CO[Si](OC)(OC)C(F)(F)C(F)(F)C(C)(F)C(F)F. The third kappa shape index (κ3) is 2.48. The molecule has 0 amide bonds. The molecule has 1 unspecified atom stereocenters. The molecule has 0 N–H and O–H groups in total. The molecule has 0 spiro atoms. The highest BCUT2D eigenvalue weighted by atomic mass is 28.4. The lowest BCUT2D eigenvalue weighted by molar-refractivity contribution is -0.279. The van der Waals surface area contributed by atoms with Crippen molar-refractivity contribution in [3.05, 3.63) is 0 Å². The molecular weight excluding hydrogens is 305 g/mol. The van der Waals surface area contributed by atoms with Gasteiger partial charge in [0.2, 0.25) is 5.67 Å². The largest absolute Gasteiger partial charge is 0.581 e. The van der Waals surface area contributed by atoms with Gasteiger partial charge in [-0.3, -0.25) is 0 Å². The minimum Gasteiger partial charge on any atom is -0.373 e. The van der Waals surface area contributed by atoms with Crippen LogP contribution in [0.15, 0.2) is 0 Å². The molecular formula is C8H13F7O3Si. The van der Waals surface area contributed by atoms with E-state index in [0.29, 0.717) is 21.3 Å². The maximum atomic E-state index is 13.7. The average Bonchev–Trinajstić information content (AvgIpc) is 2.30. The number of alkyl halides is 7. The fourth-order valence-electron chi connectivity index (χ4n) is 1.27. The zero-order valence-corrected chi connectivity index (χ0v) is 11.4. The van der Waals surface area contributed by atoms with Crippen molar-refractivity contribution in [2.75, 3.05) is 21.3 Å². The lowest BCUT2D eigenvalue weighted by atomic mass is 10.0. The van der Waals surface area contributed by atoms with Crippen molar-refractivity contribution in [1.82, 2.24) is 0 Å². The fourth-order valence-corrected chi connectivity index (χ4v) is 3.17. The summed E-state index contributed by atoms with van der Waals surface area (Å²) in [7, 11) is -3.68. The lowest BCUT2D eigenvalue weighted by Gasteiger charge is -2.40. The summed E-state index contributed by atoms with van der Waals surface area (Å²) in [6.45, 7) is -0.328. The molecule has 0 rings (SSSR count). The molecule has 19 heavy (non-hydrogen) atoms. The van der Waals surface area contributed by atoms with Crippen LogP contribution < -0.4 is 0 Å². The molecule has 116 valence electrons. The van der Waals surface area contributed by atoms with Gasteiger partial charge in [-0.15, -0.1) is 0 Å². The monoisotopic (exact) mass is 318 g/mol. The maximum Gasteiger partial charge on any atom is 0.581 e. The van der Waals surface area contributed by atoms with Crippen LogP contribution in [0.2, 0.25) is 0 Å². The fraction of sp³-hybridized carbons (Fsp3) is 1.00. The lowest BCUT2D eigenvalue weighted by Crippen LogP contribution is -2.72. The topological polar surface area (TPSA) is 27.7 Å². The van der Waals surface area contributed by atoms with Gasteiger partial charge in [0, 0.05) is 21.3 Å². The van der Waals surface area contributed by atoms with E-state index in [1.54, 1.807) is 0 Å². The summed E-state index contributed by atoms with van der Waals surface area (Å²) >= 11 is 0. The summed E-state index contributed by atoms with van der Waals surface area (Å²) in [5, 5.41) is 0. The second kappa shape index (κ2) is 5.54. The molecule has 11 heteroatoms. The van der Waals surface area contributed by atoms with Gasteiger partial charge in [-0.2, -0.15) is 17.6 Å². The number of halogens is 7. The van der Waals surface area contributed by atoms with Crippen molar-refractivity contribution >= 4 is 8.80 Å². The standard InChI is InChI=1S/C8H13F7O3Si/c1-6(11,5(9)10)7(12,13)8(14,15)19(16-2,17-3)18-4/h5H,1-4H3. The molecule has 0 aromatic heterocycles. The minimum absolute atomic E-state index is 0.328. The smallest absolute Gasteiger partial charge is 0.373 e.